The van der Waals surface area contributed by atoms with Crippen molar-refractivity contribution in [2.24, 2.45) is 0 Å². The molecule has 0 fully saturated rings. The molecule has 0 aliphatic carbocycles. The van der Waals surface area contributed by atoms with Crippen LogP contribution in [0.3, 0.4) is 0 Å². The Kier molecular flexibility index (Phi) is 58.0. The van der Waals surface area contributed by atoms with E-state index in [1.165, 1.54) is 0 Å². The van der Waals surface area contributed by atoms with Crippen LogP contribution in [-0.4, -0.2) is 0 Å². The summed E-state index contributed by atoms with van der Waals surface area (Å²) < 4.78 is 21.2. The summed E-state index contributed by atoms with van der Waals surface area (Å²) in [7, 11) is -11.4. The quantitative estimate of drug-likeness (QED) is 0.365. The van der Waals surface area contributed by atoms with E-state index in [1.807, 2.05) is 0 Å². The van der Waals surface area contributed by atoms with E-state index in [4.69, 9.17) is 0 Å². The van der Waals surface area contributed by atoms with Gasteiger partial charge in [0.25, 0.3) is 0 Å². The average molecular weight is 312 g/mol. The molecule has 15 heavy (non-hydrogen) atoms. The van der Waals surface area contributed by atoms with Gasteiger partial charge in [-0.2, -0.15) is 0 Å². The second-order valence-corrected chi connectivity index (χ2v) is 3.42. The topological polar surface area (TPSA) is 136 Å². The first-order valence-electron chi connectivity index (χ1n) is 1.46. The monoisotopic (exact) mass is 312 g/mol. The molecule has 0 saturated carbocycles. The van der Waals surface area contributed by atoms with Gasteiger partial charge in [-0.25, -0.2) is 0 Å². The average Bonchev–Trinajstić information content (AvgIpc) is 1.14. The smallest absolute Gasteiger partial charge is 0.790 e. The summed E-state index contributed by atoms with van der Waals surface area (Å²) >= 11 is 0. The molecule has 0 saturated heterocycles. The summed E-state index contributed by atoms with van der Waals surface area (Å²) in [5.41, 5.74) is 0. The summed E-state index contributed by atoms with van der Waals surface area (Å²) in [6.07, 6.45) is 0. The van der Waals surface area contributed by atoms with Crippen LogP contribution in [-0.2, 0) is 13.4 Å². The largest absolute Gasteiger partial charge is 1.00 e. The number of phosphoric acid groups is 2. The van der Waals surface area contributed by atoms with E-state index in [9.17, 15) is 28.7 Å². The minimum absolute atomic E-state index is 0. The van der Waals surface area contributed by atoms with Gasteiger partial charge in [-0.1, -0.05) is 0 Å². The molecule has 0 aromatic carbocycles. The van der Waals surface area contributed by atoms with Crippen LogP contribution in [0.1, 0.15) is 0 Å². The molecule has 0 aliphatic rings. The van der Waals surface area contributed by atoms with Crippen molar-refractivity contribution in [3.05, 3.63) is 0 Å². The van der Waals surface area contributed by atoms with Crippen molar-refractivity contribution < 1.29 is 210 Å². The molecule has 0 N–H and O–H groups in total. The van der Waals surface area contributed by atoms with Gasteiger partial charge in [0, 0.05) is 0 Å². The van der Waals surface area contributed by atoms with Gasteiger partial charge in [-0.05, 0) is 0 Å². The molecule has 0 spiro atoms. The van der Waals surface area contributed by atoms with Crippen LogP contribution in [0.25, 0.3) is 0 Å². The van der Waals surface area contributed by atoms with Crippen LogP contribution < -0.4 is 197 Å². The van der Waals surface area contributed by atoms with E-state index < -0.39 is 15.6 Å². The third kappa shape index (κ3) is 44.9. The molecule has 0 unspecified atom stereocenters. The first-order valence-corrected chi connectivity index (χ1v) is 4.38. The van der Waals surface area contributed by atoms with E-state index in [-0.39, 0.29) is 177 Å². The molecule has 0 aromatic rings. The van der Waals surface area contributed by atoms with E-state index in [0.29, 0.717) is 0 Å². The summed E-state index contributed by atoms with van der Waals surface area (Å²) in [6.45, 7) is 0. The molecule has 0 rings (SSSR count). The van der Waals surface area contributed by atoms with Crippen LogP contribution in [0.4, 0.5) is 0 Å². The fourth-order valence-corrected chi connectivity index (χ4v) is 1.10. The van der Waals surface area contributed by atoms with Crippen LogP contribution in [0.5, 0.6) is 0 Å². The van der Waals surface area contributed by atoms with Gasteiger partial charge in [-0.3, -0.25) is 0 Å². The van der Waals surface area contributed by atoms with Gasteiger partial charge in [0.2, 0.25) is 0 Å². The minimum Gasteiger partial charge on any atom is -0.790 e. The Balaban J connectivity index is -0.0000000213. The zero-order valence-electron chi connectivity index (χ0n) is 9.75. The van der Waals surface area contributed by atoms with Crippen LogP contribution in [0, 0.1) is 0 Å². The molecule has 56 valence electrons. The van der Waals surface area contributed by atoms with Crippen molar-refractivity contribution in [3.8, 4) is 0 Å². The standard InChI is InChI=1S/6Na.H4O7P2/c;;;;;;1-8(2,3)7-9(4,5)6/h;;;;;;(H2,1,2,3)(H2,4,5,6)/q6*+1;/p-4. The number of hydrogen-bond acceptors (Lipinski definition) is 7. The van der Waals surface area contributed by atoms with Crippen LogP contribution in [0.2, 0.25) is 0 Å². The van der Waals surface area contributed by atoms with Crippen molar-refractivity contribution in [1.29, 1.82) is 0 Å². The predicted octanol–water partition coefficient (Wildman–Crippen LogP) is -21.3. The third-order valence-electron chi connectivity index (χ3n) is 0.200. The van der Waals surface area contributed by atoms with Gasteiger partial charge in [-0.15, -0.1) is 0 Å². The number of hydrogen-bond donors (Lipinski definition) is 0. The first-order chi connectivity index (χ1) is 3.71. The van der Waals surface area contributed by atoms with Gasteiger partial charge in [0.05, 0.1) is 15.6 Å². The first kappa shape index (κ1) is 42.9. The van der Waals surface area contributed by atoms with Crippen molar-refractivity contribution in [2.45, 2.75) is 0 Å². The Morgan fingerprint density at radius 1 is 0.600 bits per heavy atom. The molecule has 15 heteroatoms. The summed E-state index contributed by atoms with van der Waals surface area (Å²) in [6, 6.07) is 0. The second-order valence-electron chi connectivity index (χ2n) is 0.976. The van der Waals surface area contributed by atoms with E-state index in [0.717, 1.165) is 0 Å². The predicted molar refractivity (Wildman–Crippen MR) is 16.3 cm³/mol. The Morgan fingerprint density at radius 2 is 0.733 bits per heavy atom. The zero-order chi connectivity index (χ0) is 7.71. The normalized spacial score (nSPS) is 8.27. The summed E-state index contributed by atoms with van der Waals surface area (Å²) in [5, 5.41) is 0. The molecule has 0 bridgehead atoms. The molecular formula is Na6O7P2+2. The molecule has 0 aliphatic heterocycles. The van der Waals surface area contributed by atoms with E-state index in [2.05, 4.69) is 4.31 Å². The molecule has 0 amide bonds. The zero-order valence-corrected chi connectivity index (χ0v) is 23.5. The molecule has 0 aromatic heterocycles. The Labute approximate surface area is 220 Å². The van der Waals surface area contributed by atoms with Crippen LogP contribution in [0.15, 0.2) is 0 Å². The van der Waals surface area contributed by atoms with Crippen molar-refractivity contribution in [2.75, 3.05) is 0 Å². The van der Waals surface area contributed by atoms with Crippen molar-refractivity contribution >= 4 is 15.6 Å². The Bertz CT molecular complexity index is 162. The molecule has 0 heterocycles. The van der Waals surface area contributed by atoms with Gasteiger partial charge in [0.15, 0.2) is 0 Å². The number of rotatable bonds is 2. The van der Waals surface area contributed by atoms with Crippen LogP contribution >= 0.6 is 15.6 Å². The molecule has 0 atom stereocenters. The maximum Gasteiger partial charge on any atom is 1.00 e. The Hall–Kier alpha value is 6.26. The maximum absolute atomic E-state index is 9.32. The minimum atomic E-state index is -5.68. The second kappa shape index (κ2) is 20.3. The molecule has 7 nitrogen and oxygen atoms in total. The fraction of sp³-hybridized carbons (Fsp3) is 0. The third-order valence-corrected chi connectivity index (χ3v) is 1.80. The van der Waals surface area contributed by atoms with E-state index >= 15 is 0 Å². The van der Waals surface area contributed by atoms with Gasteiger partial charge in [0.1, 0.15) is 0 Å². The molecular weight excluding hydrogens is 312 g/mol. The van der Waals surface area contributed by atoms with Gasteiger partial charge >= 0.3 is 177 Å². The Morgan fingerprint density at radius 3 is 0.733 bits per heavy atom. The summed E-state index contributed by atoms with van der Waals surface area (Å²) in [4.78, 5) is 37.3. The SMILES string of the molecule is O=P([O-])([O-])OP(=O)([O-])[O-].[Na+].[Na+].[Na+].[Na+].[Na+].[Na+]. The van der Waals surface area contributed by atoms with Crippen molar-refractivity contribution in [1.82, 2.24) is 0 Å². The maximum atomic E-state index is 9.32. The molecule has 0 radical (unpaired) electrons. The fourth-order valence-electron chi connectivity index (χ4n) is 0.122. The van der Waals surface area contributed by atoms with E-state index in [1.54, 1.807) is 0 Å². The van der Waals surface area contributed by atoms with Gasteiger partial charge < -0.3 is 33.0 Å². The summed E-state index contributed by atoms with van der Waals surface area (Å²) in [5.74, 6) is 0. The van der Waals surface area contributed by atoms with Crippen molar-refractivity contribution in [3.63, 3.8) is 0 Å².